The Hall–Kier alpha value is -3.45. The summed E-state index contributed by atoms with van der Waals surface area (Å²) in [6.45, 7) is 2.25. The minimum absolute atomic E-state index is 0.277. The Morgan fingerprint density at radius 2 is 2.07 bits per heavy atom. The number of nitriles is 1. The Balaban J connectivity index is 1.71. The van der Waals surface area contributed by atoms with Gasteiger partial charge >= 0.3 is 0 Å². The van der Waals surface area contributed by atoms with Crippen molar-refractivity contribution in [1.82, 2.24) is 29.1 Å². The van der Waals surface area contributed by atoms with Crippen LogP contribution in [0.15, 0.2) is 30.6 Å². The van der Waals surface area contributed by atoms with Gasteiger partial charge in [-0.3, -0.25) is 4.98 Å². The monoisotopic (exact) mass is 423 g/mol. The standard InChI is InChI=1S/C20H15F2N7S/c1-11-27-29-9-13(25-19(29)30-11)6-17-26-16-8-24-15-4-3-12(7-23)5-14(15)18(16)28(17)10-20(2,21)22/h3-5,8-9H,6,10H2,1-2H3. The molecule has 0 amide bonds. The van der Waals surface area contributed by atoms with E-state index in [1.807, 2.05) is 6.92 Å². The second kappa shape index (κ2) is 6.53. The molecule has 0 aliphatic rings. The lowest BCUT2D eigenvalue weighted by atomic mass is 10.1. The number of imidazole rings is 2. The van der Waals surface area contributed by atoms with Gasteiger partial charge in [0, 0.05) is 18.7 Å². The molecule has 0 N–H and O–H groups in total. The number of aryl methyl sites for hydroxylation is 1. The lowest BCUT2D eigenvalue weighted by Crippen LogP contribution is -2.21. The van der Waals surface area contributed by atoms with Gasteiger partial charge in [-0.15, -0.1) is 0 Å². The fourth-order valence-corrected chi connectivity index (χ4v) is 4.35. The first-order valence-corrected chi connectivity index (χ1v) is 10.00. The normalized spacial score (nSPS) is 12.2. The third-order valence-corrected chi connectivity index (χ3v) is 5.59. The lowest BCUT2D eigenvalue weighted by molar-refractivity contribution is 0.00434. The van der Waals surface area contributed by atoms with Crippen LogP contribution >= 0.6 is 11.3 Å². The summed E-state index contributed by atoms with van der Waals surface area (Å²) in [7, 11) is 0. The summed E-state index contributed by atoms with van der Waals surface area (Å²) in [4.78, 5) is 14.3. The molecule has 150 valence electrons. The van der Waals surface area contributed by atoms with Crippen LogP contribution in [0.4, 0.5) is 8.78 Å². The van der Waals surface area contributed by atoms with Crippen LogP contribution in [0.25, 0.3) is 26.9 Å². The third kappa shape index (κ3) is 3.17. The molecular formula is C20H15F2N7S. The maximum atomic E-state index is 14.1. The first-order valence-electron chi connectivity index (χ1n) is 9.18. The van der Waals surface area contributed by atoms with E-state index in [0.717, 1.165) is 16.9 Å². The molecule has 4 heterocycles. The van der Waals surface area contributed by atoms with Gasteiger partial charge in [-0.25, -0.2) is 23.3 Å². The van der Waals surface area contributed by atoms with Crippen LogP contribution < -0.4 is 0 Å². The molecule has 30 heavy (non-hydrogen) atoms. The van der Waals surface area contributed by atoms with E-state index in [2.05, 4.69) is 26.1 Å². The smallest absolute Gasteiger partial charge is 0.262 e. The van der Waals surface area contributed by atoms with E-state index in [4.69, 9.17) is 0 Å². The largest absolute Gasteiger partial charge is 0.321 e. The third-order valence-electron chi connectivity index (χ3n) is 4.75. The molecule has 10 heteroatoms. The summed E-state index contributed by atoms with van der Waals surface area (Å²) in [5, 5.41) is 15.1. The Kier molecular flexibility index (Phi) is 4.04. The molecule has 0 aliphatic carbocycles. The number of halogens is 2. The van der Waals surface area contributed by atoms with Gasteiger partial charge in [-0.1, -0.05) is 11.3 Å². The van der Waals surface area contributed by atoms with Crippen LogP contribution in [0.2, 0.25) is 0 Å². The van der Waals surface area contributed by atoms with E-state index < -0.39 is 12.5 Å². The van der Waals surface area contributed by atoms with E-state index in [0.29, 0.717) is 39.0 Å². The molecule has 0 bridgehead atoms. The first-order chi connectivity index (χ1) is 14.3. The van der Waals surface area contributed by atoms with E-state index in [9.17, 15) is 14.0 Å². The highest BCUT2D eigenvalue weighted by molar-refractivity contribution is 7.16. The maximum Gasteiger partial charge on any atom is 0.262 e. The van der Waals surface area contributed by atoms with Crippen molar-refractivity contribution in [3.8, 4) is 6.07 Å². The number of aromatic nitrogens is 6. The molecule has 0 radical (unpaired) electrons. The van der Waals surface area contributed by atoms with Gasteiger partial charge in [0.05, 0.1) is 47.3 Å². The summed E-state index contributed by atoms with van der Waals surface area (Å²) < 4.78 is 31.4. The second-order valence-corrected chi connectivity index (χ2v) is 8.44. The van der Waals surface area contributed by atoms with E-state index in [-0.39, 0.29) is 6.42 Å². The van der Waals surface area contributed by atoms with Crippen LogP contribution in [0.5, 0.6) is 0 Å². The summed E-state index contributed by atoms with van der Waals surface area (Å²) in [6.07, 6.45) is 3.64. The number of alkyl halides is 2. The average molecular weight is 423 g/mol. The molecule has 0 unspecified atom stereocenters. The van der Waals surface area contributed by atoms with E-state index in [1.54, 1.807) is 35.1 Å². The van der Waals surface area contributed by atoms with Crippen LogP contribution in [-0.2, 0) is 13.0 Å². The van der Waals surface area contributed by atoms with Crippen molar-refractivity contribution in [3.05, 3.63) is 52.7 Å². The zero-order valence-electron chi connectivity index (χ0n) is 16.1. The predicted molar refractivity (Wildman–Crippen MR) is 109 cm³/mol. The van der Waals surface area contributed by atoms with Crippen molar-refractivity contribution in [1.29, 1.82) is 5.26 Å². The van der Waals surface area contributed by atoms with Crippen LogP contribution in [0.3, 0.4) is 0 Å². The quantitative estimate of drug-likeness (QED) is 0.434. The van der Waals surface area contributed by atoms with Crippen molar-refractivity contribution in [3.63, 3.8) is 0 Å². The lowest BCUT2D eigenvalue weighted by Gasteiger charge is -2.15. The minimum atomic E-state index is -2.95. The SMILES string of the molecule is Cc1nn2cc(Cc3nc4cnc5ccc(C#N)cc5c4n3CC(C)(F)F)nc2s1. The van der Waals surface area contributed by atoms with E-state index in [1.165, 1.54) is 15.9 Å². The number of pyridine rings is 1. The molecule has 7 nitrogen and oxygen atoms in total. The number of hydrogen-bond donors (Lipinski definition) is 0. The van der Waals surface area contributed by atoms with Gasteiger partial charge in [0.1, 0.15) is 16.3 Å². The number of benzene rings is 1. The molecule has 0 aliphatic heterocycles. The van der Waals surface area contributed by atoms with E-state index >= 15 is 0 Å². The highest BCUT2D eigenvalue weighted by Gasteiger charge is 2.26. The van der Waals surface area contributed by atoms with Crippen LogP contribution in [-0.4, -0.2) is 35.1 Å². The summed E-state index contributed by atoms with van der Waals surface area (Å²) in [5.74, 6) is -2.48. The van der Waals surface area contributed by atoms with Gasteiger partial charge in [-0.05, 0) is 25.1 Å². The zero-order valence-corrected chi connectivity index (χ0v) is 16.9. The van der Waals surface area contributed by atoms with Gasteiger partial charge in [0.2, 0.25) is 4.96 Å². The Labute approximate surface area is 173 Å². The molecule has 1 aromatic carbocycles. The van der Waals surface area contributed by atoms with Crippen molar-refractivity contribution < 1.29 is 8.78 Å². The predicted octanol–water partition coefficient (Wildman–Crippen LogP) is 4.11. The van der Waals surface area contributed by atoms with Gasteiger partial charge in [-0.2, -0.15) is 10.4 Å². The molecule has 5 aromatic rings. The molecule has 0 atom stereocenters. The molecule has 4 aromatic heterocycles. The number of fused-ring (bicyclic) bond motifs is 4. The Morgan fingerprint density at radius 1 is 1.23 bits per heavy atom. The van der Waals surface area contributed by atoms with Gasteiger partial charge < -0.3 is 4.57 Å². The van der Waals surface area contributed by atoms with Crippen LogP contribution in [0, 0.1) is 18.3 Å². The number of rotatable bonds is 4. The highest BCUT2D eigenvalue weighted by atomic mass is 32.1. The Bertz CT molecular complexity index is 1430. The molecular weight excluding hydrogens is 408 g/mol. The minimum Gasteiger partial charge on any atom is -0.321 e. The zero-order chi connectivity index (χ0) is 21.0. The molecule has 0 spiro atoms. The molecule has 0 saturated carbocycles. The average Bonchev–Trinajstić information content (AvgIpc) is 3.31. The summed E-state index contributed by atoms with van der Waals surface area (Å²) in [5.41, 5.74) is 2.80. The number of hydrogen-bond acceptors (Lipinski definition) is 6. The summed E-state index contributed by atoms with van der Waals surface area (Å²) >= 11 is 1.46. The highest BCUT2D eigenvalue weighted by Crippen LogP contribution is 2.29. The fourth-order valence-electron chi connectivity index (χ4n) is 3.61. The van der Waals surface area contributed by atoms with Crippen molar-refractivity contribution in [2.24, 2.45) is 0 Å². The molecule has 5 rings (SSSR count). The number of nitrogens with zero attached hydrogens (tertiary/aromatic N) is 7. The van der Waals surface area contributed by atoms with Gasteiger partial charge in [0.15, 0.2) is 0 Å². The molecule has 0 saturated heterocycles. The van der Waals surface area contributed by atoms with Crippen molar-refractivity contribution in [2.75, 3.05) is 0 Å². The van der Waals surface area contributed by atoms with Crippen LogP contribution in [0.1, 0.15) is 29.0 Å². The Morgan fingerprint density at radius 3 is 2.80 bits per heavy atom. The maximum absolute atomic E-state index is 14.1. The van der Waals surface area contributed by atoms with Crippen molar-refractivity contribution in [2.45, 2.75) is 32.7 Å². The van der Waals surface area contributed by atoms with Crippen molar-refractivity contribution >= 4 is 38.2 Å². The fraction of sp³-hybridized carbons (Fsp3) is 0.250. The first kappa shape index (κ1) is 18.6. The van der Waals surface area contributed by atoms with Gasteiger partial charge in [0.25, 0.3) is 5.92 Å². The second-order valence-electron chi connectivity index (χ2n) is 7.28. The molecule has 0 fully saturated rings. The summed E-state index contributed by atoms with van der Waals surface area (Å²) in [6, 6.07) is 7.13. The topological polar surface area (TPSA) is 84.7 Å².